The van der Waals surface area contributed by atoms with Crippen molar-refractivity contribution in [3.05, 3.63) is 6.33 Å². The summed E-state index contributed by atoms with van der Waals surface area (Å²) >= 11 is 1.72. The van der Waals surface area contributed by atoms with E-state index in [1.54, 1.807) is 11.8 Å². The van der Waals surface area contributed by atoms with Gasteiger partial charge < -0.3 is 11.2 Å². The number of nitrogen functional groups attached to an aromatic ring is 1. The molecule has 0 spiro atoms. The lowest BCUT2D eigenvalue weighted by atomic mass is 10.2. The molecule has 0 atom stereocenters. The van der Waals surface area contributed by atoms with Gasteiger partial charge in [0.25, 0.3) is 0 Å². The average molecular weight is 199 g/mol. The Morgan fingerprint density at radius 1 is 1.54 bits per heavy atom. The van der Waals surface area contributed by atoms with E-state index in [-0.39, 0.29) is 0 Å². The van der Waals surface area contributed by atoms with E-state index in [0.717, 1.165) is 18.2 Å². The van der Waals surface area contributed by atoms with Gasteiger partial charge in [-0.3, -0.25) is 0 Å². The molecule has 13 heavy (non-hydrogen) atoms. The Labute approximate surface area is 81.1 Å². The summed E-state index contributed by atoms with van der Waals surface area (Å²) in [6.45, 7) is 2.19. The van der Waals surface area contributed by atoms with Crippen LogP contribution in [-0.4, -0.2) is 33.2 Å². The van der Waals surface area contributed by atoms with Gasteiger partial charge in [-0.2, -0.15) is 0 Å². The monoisotopic (exact) mass is 199 g/mol. The van der Waals surface area contributed by atoms with Crippen LogP contribution in [0.2, 0.25) is 0 Å². The first-order valence-corrected chi connectivity index (χ1v) is 5.26. The lowest BCUT2D eigenvalue weighted by molar-refractivity contribution is 0.530. The quantitative estimate of drug-likeness (QED) is 0.648. The van der Waals surface area contributed by atoms with Gasteiger partial charge in [0.15, 0.2) is 0 Å². The number of hydrogen-bond acceptors (Lipinski definition) is 5. The molecule has 1 saturated heterocycles. The highest BCUT2D eigenvalue weighted by Crippen LogP contribution is 2.25. The standard InChI is InChI=1S/C7H13N5S/c8-12-5-10-11-7(12)13-6-1-3-9-4-2-6/h5-6,9H,1-4,8H2. The Morgan fingerprint density at radius 3 is 2.92 bits per heavy atom. The van der Waals surface area contributed by atoms with Gasteiger partial charge in [-0.25, -0.2) is 4.68 Å². The van der Waals surface area contributed by atoms with Crippen LogP contribution in [0.4, 0.5) is 0 Å². The van der Waals surface area contributed by atoms with Gasteiger partial charge in [0, 0.05) is 5.25 Å². The van der Waals surface area contributed by atoms with E-state index in [0.29, 0.717) is 5.25 Å². The van der Waals surface area contributed by atoms with Crippen LogP contribution in [0.25, 0.3) is 0 Å². The molecular formula is C7H13N5S. The molecule has 0 saturated carbocycles. The van der Waals surface area contributed by atoms with Gasteiger partial charge in [0.1, 0.15) is 6.33 Å². The molecule has 0 amide bonds. The van der Waals surface area contributed by atoms with E-state index in [2.05, 4.69) is 15.5 Å². The molecule has 0 bridgehead atoms. The summed E-state index contributed by atoms with van der Waals surface area (Å²) in [6.07, 6.45) is 3.89. The number of nitrogens with two attached hydrogens (primary N) is 1. The van der Waals surface area contributed by atoms with Crippen LogP contribution in [0.3, 0.4) is 0 Å². The molecule has 1 aliphatic rings. The van der Waals surface area contributed by atoms with Crippen LogP contribution in [0, 0.1) is 0 Å². The average Bonchev–Trinajstić information content (AvgIpc) is 2.54. The van der Waals surface area contributed by atoms with Gasteiger partial charge in [0.05, 0.1) is 0 Å². The molecule has 1 aliphatic heterocycles. The molecule has 1 aromatic heterocycles. The summed E-state index contributed by atoms with van der Waals surface area (Å²) in [7, 11) is 0. The molecular weight excluding hydrogens is 186 g/mol. The summed E-state index contributed by atoms with van der Waals surface area (Å²) in [5.74, 6) is 5.61. The van der Waals surface area contributed by atoms with Crippen molar-refractivity contribution in [1.82, 2.24) is 20.2 Å². The van der Waals surface area contributed by atoms with Crippen LogP contribution in [0.5, 0.6) is 0 Å². The minimum Gasteiger partial charge on any atom is -0.336 e. The predicted octanol–water partition coefficient (Wildman–Crippen LogP) is -0.164. The smallest absolute Gasteiger partial charge is 0.209 e. The van der Waals surface area contributed by atoms with Crippen LogP contribution < -0.4 is 11.2 Å². The zero-order chi connectivity index (χ0) is 9.10. The van der Waals surface area contributed by atoms with Crippen LogP contribution in [0.1, 0.15) is 12.8 Å². The molecule has 1 fully saturated rings. The number of thioether (sulfide) groups is 1. The third kappa shape index (κ3) is 2.13. The second kappa shape index (κ2) is 3.97. The van der Waals surface area contributed by atoms with Crippen LogP contribution in [-0.2, 0) is 0 Å². The van der Waals surface area contributed by atoms with Crippen molar-refractivity contribution in [2.45, 2.75) is 23.2 Å². The number of piperidine rings is 1. The van der Waals surface area contributed by atoms with Crippen LogP contribution >= 0.6 is 11.8 Å². The summed E-state index contributed by atoms with van der Waals surface area (Å²) in [6, 6.07) is 0. The molecule has 5 nitrogen and oxygen atoms in total. The fourth-order valence-electron chi connectivity index (χ4n) is 1.38. The SMILES string of the molecule is Nn1cnnc1SC1CCNCC1. The normalized spacial score (nSPS) is 19.1. The van der Waals surface area contributed by atoms with Gasteiger partial charge in [-0.05, 0) is 25.9 Å². The molecule has 0 unspecified atom stereocenters. The molecule has 0 radical (unpaired) electrons. The molecule has 2 rings (SSSR count). The maximum Gasteiger partial charge on any atom is 0.209 e. The van der Waals surface area contributed by atoms with Crippen molar-refractivity contribution in [3.63, 3.8) is 0 Å². The lowest BCUT2D eigenvalue weighted by Gasteiger charge is -2.20. The molecule has 6 heteroatoms. The summed E-state index contributed by atoms with van der Waals surface area (Å²) < 4.78 is 1.48. The number of nitrogens with zero attached hydrogens (tertiary/aromatic N) is 3. The highest BCUT2D eigenvalue weighted by atomic mass is 32.2. The highest BCUT2D eigenvalue weighted by molar-refractivity contribution is 7.99. The Morgan fingerprint density at radius 2 is 2.31 bits per heavy atom. The van der Waals surface area contributed by atoms with Crippen molar-refractivity contribution >= 4 is 11.8 Å². The second-order valence-electron chi connectivity index (χ2n) is 3.09. The van der Waals surface area contributed by atoms with E-state index < -0.39 is 0 Å². The minimum absolute atomic E-state index is 0.632. The number of hydrogen-bond donors (Lipinski definition) is 2. The first-order valence-electron chi connectivity index (χ1n) is 4.39. The summed E-state index contributed by atoms with van der Waals surface area (Å²) in [5, 5.41) is 12.4. The van der Waals surface area contributed by atoms with Crippen molar-refractivity contribution in [2.24, 2.45) is 0 Å². The first kappa shape index (κ1) is 8.83. The van der Waals surface area contributed by atoms with E-state index in [1.165, 1.54) is 23.8 Å². The van der Waals surface area contributed by atoms with Crippen molar-refractivity contribution in [1.29, 1.82) is 0 Å². The van der Waals surface area contributed by atoms with E-state index in [9.17, 15) is 0 Å². The van der Waals surface area contributed by atoms with E-state index in [1.807, 2.05) is 0 Å². The Balaban J connectivity index is 1.93. The molecule has 1 aromatic rings. The molecule has 0 aliphatic carbocycles. The zero-order valence-electron chi connectivity index (χ0n) is 7.31. The Hall–Kier alpha value is -0.750. The fourth-order valence-corrected chi connectivity index (χ4v) is 2.41. The van der Waals surface area contributed by atoms with Gasteiger partial charge in [0.2, 0.25) is 5.16 Å². The Kier molecular flexibility index (Phi) is 2.70. The number of rotatable bonds is 2. The summed E-state index contributed by atoms with van der Waals surface area (Å²) in [5.41, 5.74) is 0. The topological polar surface area (TPSA) is 68.8 Å². The molecule has 2 heterocycles. The maximum absolute atomic E-state index is 5.61. The van der Waals surface area contributed by atoms with Gasteiger partial charge in [-0.15, -0.1) is 10.2 Å². The van der Waals surface area contributed by atoms with Gasteiger partial charge in [-0.1, -0.05) is 11.8 Å². The largest absolute Gasteiger partial charge is 0.336 e. The summed E-state index contributed by atoms with van der Waals surface area (Å²) in [4.78, 5) is 0. The molecule has 0 aromatic carbocycles. The van der Waals surface area contributed by atoms with E-state index >= 15 is 0 Å². The lowest BCUT2D eigenvalue weighted by Crippen LogP contribution is -2.29. The molecule has 72 valence electrons. The van der Waals surface area contributed by atoms with Crippen LogP contribution in [0.15, 0.2) is 11.5 Å². The maximum atomic E-state index is 5.61. The van der Waals surface area contributed by atoms with Crippen molar-refractivity contribution in [2.75, 3.05) is 18.9 Å². The fraction of sp³-hybridized carbons (Fsp3) is 0.714. The van der Waals surface area contributed by atoms with Gasteiger partial charge >= 0.3 is 0 Å². The predicted molar refractivity (Wildman–Crippen MR) is 51.9 cm³/mol. The third-order valence-corrected chi connectivity index (χ3v) is 3.41. The minimum atomic E-state index is 0.632. The number of aromatic nitrogens is 3. The highest BCUT2D eigenvalue weighted by Gasteiger charge is 2.16. The van der Waals surface area contributed by atoms with E-state index in [4.69, 9.17) is 5.84 Å². The zero-order valence-corrected chi connectivity index (χ0v) is 8.13. The molecule has 3 N–H and O–H groups in total. The first-order chi connectivity index (χ1) is 6.36. The second-order valence-corrected chi connectivity index (χ2v) is 4.36. The Bertz CT molecular complexity index is 268. The van der Waals surface area contributed by atoms with Crippen molar-refractivity contribution in [3.8, 4) is 0 Å². The third-order valence-electron chi connectivity index (χ3n) is 2.10. The van der Waals surface area contributed by atoms with Crippen molar-refractivity contribution < 1.29 is 0 Å². The number of nitrogens with one attached hydrogen (secondary N) is 1.